The molecule has 1 spiro atoms. The molecule has 0 radical (unpaired) electrons. The molecule has 1 aliphatic carbocycles. The third-order valence-corrected chi connectivity index (χ3v) is 13.0. The van der Waals surface area contributed by atoms with Gasteiger partial charge in [-0.25, -0.2) is 9.97 Å². The number of rotatable bonds is 4. The predicted octanol–water partition coefficient (Wildman–Crippen LogP) is 14.0. The Kier molecular flexibility index (Phi) is 7.01. The molecule has 0 atom stereocenters. The first-order valence-electron chi connectivity index (χ1n) is 19.3. The number of fused-ring (bicyclic) bond motifs is 12. The van der Waals surface area contributed by atoms with Gasteiger partial charge in [0.05, 0.1) is 21.3 Å². The molecule has 1 aliphatic heterocycles. The van der Waals surface area contributed by atoms with Crippen LogP contribution in [0.1, 0.15) is 22.3 Å². The lowest BCUT2D eigenvalue weighted by atomic mass is 9.66. The predicted molar refractivity (Wildman–Crippen MR) is 234 cm³/mol. The second-order valence-electron chi connectivity index (χ2n) is 14.8. The number of hydrogen-bond acceptors (Lipinski definition) is 4. The first-order chi connectivity index (χ1) is 28.2. The van der Waals surface area contributed by atoms with Crippen LogP contribution in [0.25, 0.3) is 76.3 Å². The maximum atomic E-state index is 6.52. The smallest absolute Gasteiger partial charge is 0.160 e. The van der Waals surface area contributed by atoms with E-state index in [2.05, 4.69) is 188 Å². The molecule has 0 saturated carbocycles. The van der Waals surface area contributed by atoms with Crippen LogP contribution in [-0.2, 0) is 5.41 Å². The lowest BCUT2D eigenvalue weighted by Gasteiger charge is -2.39. The third kappa shape index (κ3) is 4.78. The minimum atomic E-state index is -0.470. The van der Waals surface area contributed by atoms with E-state index in [1.807, 2.05) is 6.07 Å². The molecule has 0 unspecified atom stereocenters. The van der Waals surface area contributed by atoms with E-state index >= 15 is 0 Å². The molecule has 2 aromatic heterocycles. The van der Waals surface area contributed by atoms with Crippen molar-refractivity contribution in [1.29, 1.82) is 0 Å². The van der Waals surface area contributed by atoms with Crippen molar-refractivity contribution in [3.63, 3.8) is 0 Å². The quantitative estimate of drug-likeness (QED) is 0.180. The molecule has 0 amide bonds. The normalized spacial score (nSPS) is 13.2. The maximum Gasteiger partial charge on any atom is 0.160 e. The number of ether oxygens (including phenoxy) is 1. The molecule has 0 fully saturated rings. The topological polar surface area (TPSA) is 35.0 Å². The second kappa shape index (κ2) is 12.4. The number of thiophene rings is 1. The van der Waals surface area contributed by atoms with Crippen LogP contribution in [0.15, 0.2) is 194 Å². The summed E-state index contributed by atoms with van der Waals surface area (Å²) in [7, 11) is 0. The van der Waals surface area contributed by atoms with Gasteiger partial charge in [-0.15, -0.1) is 11.3 Å². The zero-order valence-corrected chi connectivity index (χ0v) is 31.5. The molecule has 8 aromatic carbocycles. The molecule has 57 heavy (non-hydrogen) atoms. The van der Waals surface area contributed by atoms with E-state index in [9.17, 15) is 0 Å². The van der Waals surface area contributed by atoms with E-state index in [4.69, 9.17) is 14.7 Å². The van der Waals surface area contributed by atoms with Gasteiger partial charge in [-0.05, 0) is 68.8 Å². The zero-order valence-electron chi connectivity index (χ0n) is 30.7. The Morgan fingerprint density at radius 3 is 1.70 bits per heavy atom. The Bertz CT molecular complexity index is 3160. The van der Waals surface area contributed by atoms with E-state index in [1.165, 1.54) is 54.8 Å². The second-order valence-corrected chi connectivity index (χ2v) is 15.9. The first kappa shape index (κ1) is 32.1. The fourth-order valence-corrected chi connectivity index (χ4v) is 10.4. The summed E-state index contributed by atoms with van der Waals surface area (Å²) in [5.74, 6) is 2.54. The lowest BCUT2D eigenvalue weighted by molar-refractivity contribution is 0.436. The minimum Gasteiger partial charge on any atom is -0.457 e. The Balaban J connectivity index is 0.974. The fourth-order valence-electron chi connectivity index (χ4n) is 9.22. The largest absolute Gasteiger partial charge is 0.457 e. The summed E-state index contributed by atoms with van der Waals surface area (Å²) in [6, 6.07) is 69.5. The Hall–Kier alpha value is -7.14. The van der Waals surface area contributed by atoms with E-state index in [-0.39, 0.29) is 0 Å². The van der Waals surface area contributed by atoms with E-state index in [0.29, 0.717) is 0 Å². The van der Waals surface area contributed by atoms with Gasteiger partial charge in [0.1, 0.15) is 11.5 Å². The van der Waals surface area contributed by atoms with Crippen LogP contribution >= 0.6 is 11.3 Å². The van der Waals surface area contributed by atoms with Crippen molar-refractivity contribution in [2.24, 2.45) is 0 Å². The number of aromatic nitrogens is 2. The number of hydrogen-bond donors (Lipinski definition) is 0. The van der Waals surface area contributed by atoms with Gasteiger partial charge in [0.2, 0.25) is 0 Å². The van der Waals surface area contributed by atoms with E-state index in [0.717, 1.165) is 55.3 Å². The average molecular weight is 745 g/mol. The van der Waals surface area contributed by atoms with Gasteiger partial charge in [0.25, 0.3) is 0 Å². The standard InChI is InChI=1S/C53H32N2OS/c1-2-12-33(13-3-1)34-24-28-37(29-25-34)52-54-49(51-50(55-52)40-15-5-11-21-48(40)57-51)36-26-22-35(23-27-36)38-30-31-43-41(32-38)39-14-4-6-16-42(39)53(43)44-17-7-9-19-46(44)56-47-20-10-8-18-45(47)53/h1-32H. The molecule has 2 aliphatic rings. The summed E-state index contributed by atoms with van der Waals surface area (Å²) in [6.45, 7) is 0. The molecule has 3 heterocycles. The maximum absolute atomic E-state index is 6.52. The lowest BCUT2D eigenvalue weighted by Crippen LogP contribution is -2.32. The summed E-state index contributed by atoms with van der Waals surface area (Å²) in [4.78, 5) is 10.5. The van der Waals surface area contributed by atoms with Crippen molar-refractivity contribution in [1.82, 2.24) is 9.97 Å². The van der Waals surface area contributed by atoms with Crippen molar-refractivity contribution < 1.29 is 4.74 Å². The molecule has 4 heteroatoms. The van der Waals surface area contributed by atoms with Crippen LogP contribution in [0.3, 0.4) is 0 Å². The molecule has 0 bridgehead atoms. The SMILES string of the molecule is c1ccc(-c2ccc(-c3nc(-c4ccc(-c5ccc6c(c5)-c5ccccc5C65c6ccccc6Oc6ccccc65)cc4)c4sc5ccccc5c4n3)cc2)cc1. The van der Waals surface area contributed by atoms with Gasteiger partial charge >= 0.3 is 0 Å². The number of nitrogens with zero attached hydrogens (tertiary/aromatic N) is 2. The van der Waals surface area contributed by atoms with Crippen LogP contribution in [0.5, 0.6) is 11.5 Å². The fraction of sp³-hybridized carbons (Fsp3) is 0.0189. The summed E-state index contributed by atoms with van der Waals surface area (Å²) < 4.78 is 8.84. The van der Waals surface area contributed by atoms with Crippen molar-refractivity contribution in [2.75, 3.05) is 0 Å². The highest BCUT2D eigenvalue weighted by atomic mass is 32.1. The number of para-hydroxylation sites is 2. The van der Waals surface area contributed by atoms with Gasteiger partial charge in [-0.1, -0.05) is 170 Å². The summed E-state index contributed by atoms with van der Waals surface area (Å²) in [5, 5.41) is 1.16. The monoisotopic (exact) mass is 744 g/mol. The molecule has 0 saturated heterocycles. The van der Waals surface area contributed by atoms with Crippen molar-refractivity contribution in [3.8, 4) is 67.5 Å². The number of benzene rings is 8. The van der Waals surface area contributed by atoms with Gasteiger partial charge in [0, 0.05) is 32.3 Å². The van der Waals surface area contributed by atoms with Crippen LogP contribution in [0.2, 0.25) is 0 Å². The van der Waals surface area contributed by atoms with Gasteiger partial charge in [-0.3, -0.25) is 0 Å². The zero-order chi connectivity index (χ0) is 37.5. The highest BCUT2D eigenvalue weighted by Gasteiger charge is 2.50. The minimum absolute atomic E-state index is 0.470. The Morgan fingerprint density at radius 2 is 0.947 bits per heavy atom. The van der Waals surface area contributed by atoms with Crippen molar-refractivity contribution in [2.45, 2.75) is 5.41 Å². The van der Waals surface area contributed by atoms with Crippen molar-refractivity contribution in [3.05, 3.63) is 216 Å². The third-order valence-electron chi connectivity index (χ3n) is 11.8. The Labute approximate surface area is 334 Å². The molecular formula is C53H32N2OS. The summed E-state index contributed by atoms with van der Waals surface area (Å²) >= 11 is 1.76. The molecule has 266 valence electrons. The van der Waals surface area contributed by atoms with Crippen LogP contribution < -0.4 is 4.74 Å². The van der Waals surface area contributed by atoms with E-state index < -0.39 is 5.41 Å². The molecule has 3 nitrogen and oxygen atoms in total. The molecule has 12 rings (SSSR count). The average Bonchev–Trinajstić information content (AvgIpc) is 3.80. The molecular weight excluding hydrogens is 713 g/mol. The van der Waals surface area contributed by atoms with Crippen LogP contribution in [-0.4, -0.2) is 9.97 Å². The van der Waals surface area contributed by atoms with Gasteiger partial charge in [-0.2, -0.15) is 0 Å². The van der Waals surface area contributed by atoms with Gasteiger partial charge in [0.15, 0.2) is 5.82 Å². The first-order valence-corrected chi connectivity index (χ1v) is 20.1. The molecule has 0 N–H and O–H groups in total. The van der Waals surface area contributed by atoms with Crippen LogP contribution in [0.4, 0.5) is 0 Å². The highest BCUT2D eigenvalue weighted by molar-refractivity contribution is 7.26. The summed E-state index contributed by atoms with van der Waals surface area (Å²) in [6.07, 6.45) is 0. The summed E-state index contributed by atoms with van der Waals surface area (Å²) in [5.41, 5.74) is 15.7. The van der Waals surface area contributed by atoms with E-state index in [1.54, 1.807) is 11.3 Å². The van der Waals surface area contributed by atoms with Crippen molar-refractivity contribution >= 4 is 31.6 Å². The highest BCUT2D eigenvalue weighted by Crippen LogP contribution is 2.62. The van der Waals surface area contributed by atoms with Crippen LogP contribution in [0, 0.1) is 0 Å². The Morgan fingerprint density at radius 1 is 0.404 bits per heavy atom. The molecule has 10 aromatic rings. The van der Waals surface area contributed by atoms with Gasteiger partial charge < -0.3 is 4.74 Å².